The van der Waals surface area contributed by atoms with Crippen LogP contribution < -0.4 is 5.32 Å². The van der Waals surface area contributed by atoms with Crippen LogP contribution in [0.4, 0.5) is 0 Å². The van der Waals surface area contributed by atoms with E-state index >= 15 is 0 Å². The number of aliphatic hydroxyl groups is 1. The molecule has 1 aromatic rings. The molecule has 3 heterocycles. The molecular formula is C21H32N4O3. The molecule has 2 fully saturated rings. The molecule has 1 unspecified atom stereocenters. The summed E-state index contributed by atoms with van der Waals surface area (Å²) in [6.07, 6.45) is 7.79. The van der Waals surface area contributed by atoms with Crippen molar-refractivity contribution in [3.63, 3.8) is 0 Å². The first-order valence-electron chi connectivity index (χ1n) is 10.3. The van der Waals surface area contributed by atoms with E-state index < -0.39 is 5.60 Å². The number of likely N-dealkylation sites (tertiary alicyclic amines) is 2. The van der Waals surface area contributed by atoms with Crippen molar-refractivity contribution in [3.8, 4) is 0 Å². The Hall–Kier alpha value is -1.99. The van der Waals surface area contributed by atoms with Crippen LogP contribution in [0.3, 0.4) is 0 Å². The average Bonchev–Trinajstić information content (AvgIpc) is 2.86. The summed E-state index contributed by atoms with van der Waals surface area (Å²) >= 11 is 0. The normalized spacial score (nSPS) is 24.6. The number of pyridine rings is 1. The highest BCUT2D eigenvalue weighted by Gasteiger charge is 2.34. The maximum absolute atomic E-state index is 12.6. The van der Waals surface area contributed by atoms with Crippen LogP contribution in [0.5, 0.6) is 0 Å². The molecular weight excluding hydrogens is 356 g/mol. The zero-order chi connectivity index (χ0) is 20.0. The van der Waals surface area contributed by atoms with Crippen molar-refractivity contribution in [1.29, 1.82) is 0 Å². The van der Waals surface area contributed by atoms with Crippen molar-refractivity contribution in [2.24, 2.45) is 0 Å². The van der Waals surface area contributed by atoms with Gasteiger partial charge in [0.1, 0.15) is 0 Å². The summed E-state index contributed by atoms with van der Waals surface area (Å²) in [7, 11) is 0. The van der Waals surface area contributed by atoms with Crippen molar-refractivity contribution < 1.29 is 14.7 Å². The molecule has 2 aliphatic rings. The van der Waals surface area contributed by atoms with Gasteiger partial charge in [-0.3, -0.25) is 14.6 Å². The van der Waals surface area contributed by atoms with Gasteiger partial charge in [0.05, 0.1) is 12.0 Å². The topological polar surface area (TPSA) is 85.8 Å². The first-order valence-corrected chi connectivity index (χ1v) is 10.3. The number of rotatable bonds is 5. The van der Waals surface area contributed by atoms with E-state index in [0.717, 1.165) is 44.3 Å². The fraction of sp³-hybridized carbons (Fsp3) is 0.667. The Morgan fingerprint density at radius 2 is 2.04 bits per heavy atom. The molecule has 2 N–H and O–H groups in total. The van der Waals surface area contributed by atoms with Crippen molar-refractivity contribution in [2.45, 2.75) is 57.1 Å². The van der Waals surface area contributed by atoms with E-state index in [4.69, 9.17) is 0 Å². The highest BCUT2D eigenvalue weighted by atomic mass is 16.3. The lowest BCUT2D eigenvalue weighted by atomic mass is 9.93. The van der Waals surface area contributed by atoms with Gasteiger partial charge < -0.3 is 20.2 Å². The van der Waals surface area contributed by atoms with Gasteiger partial charge in [0.15, 0.2) is 0 Å². The highest BCUT2D eigenvalue weighted by Crippen LogP contribution is 2.25. The molecule has 154 valence electrons. The molecule has 0 aromatic carbocycles. The molecule has 2 amide bonds. The summed E-state index contributed by atoms with van der Waals surface area (Å²) in [5.41, 5.74) is 0.179. The second-order valence-electron chi connectivity index (χ2n) is 8.25. The van der Waals surface area contributed by atoms with Gasteiger partial charge >= 0.3 is 0 Å². The monoisotopic (exact) mass is 388 g/mol. The molecule has 0 spiro atoms. The molecule has 28 heavy (non-hydrogen) atoms. The second kappa shape index (κ2) is 9.47. The van der Waals surface area contributed by atoms with Gasteiger partial charge in [-0.25, -0.2) is 0 Å². The summed E-state index contributed by atoms with van der Waals surface area (Å²) in [4.78, 5) is 32.1. The number of hydrogen-bond acceptors (Lipinski definition) is 5. The van der Waals surface area contributed by atoms with Gasteiger partial charge in [-0.15, -0.1) is 0 Å². The minimum absolute atomic E-state index is 0.0249. The van der Waals surface area contributed by atoms with Crippen LogP contribution in [-0.4, -0.2) is 76.1 Å². The van der Waals surface area contributed by atoms with Crippen LogP contribution in [0.15, 0.2) is 24.5 Å². The number of hydrogen-bond donors (Lipinski definition) is 2. The highest BCUT2D eigenvalue weighted by molar-refractivity contribution is 5.78. The molecule has 2 aliphatic heterocycles. The predicted octanol–water partition coefficient (Wildman–Crippen LogP) is 0.968. The molecule has 0 bridgehead atoms. The molecule has 1 atom stereocenters. The van der Waals surface area contributed by atoms with Crippen LogP contribution in [0.1, 0.15) is 44.6 Å². The lowest BCUT2D eigenvalue weighted by Crippen LogP contribution is -2.50. The minimum Gasteiger partial charge on any atom is -0.388 e. The smallest absolute Gasteiger partial charge is 0.227 e. The lowest BCUT2D eigenvalue weighted by molar-refractivity contribution is -0.130. The maximum Gasteiger partial charge on any atom is 0.227 e. The lowest BCUT2D eigenvalue weighted by Gasteiger charge is -2.38. The van der Waals surface area contributed by atoms with Crippen molar-refractivity contribution in [2.75, 3.05) is 32.7 Å². The van der Waals surface area contributed by atoms with Crippen molar-refractivity contribution in [3.05, 3.63) is 30.1 Å². The Labute approximate surface area is 167 Å². The number of carbonyl (C=O) groups excluding carboxylic acids is 2. The summed E-state index contributed by atoms with van der Waals surface area (Å²) < 4.78 is 0. The van der Waals surface area contributed by atoms with E-state index in [1.54, 1.807) is 19.3 Å². The van der Waals surface area contributed by atoms with E-state index in [1.165, 1.54) is 0 Å². The minimum atomic E-state index is -0.746. The third kappa shape index (κ3) is 6.01. The summed E-state index contributed by atoms with van der Waals surface area (Å²) in [5.74, 6) is 0.130. The third-order valence-electron chi connectivity index (χ3n) is 5.86. The molecule has 0 aliphatic carbocycles. The molecule has 0 saturated carbocycles. The van der Waals surface area contributed by atoms with Gasteiger partial charge in [0, 0.05) is 58.1 Å². The van der Waals surface area contributed by atoms with Crippen LogP contribution in [0, 0.1) is 0 Å². The Morgan fingerprint density at radius 1 is 1.25 bits per heavy atom. The predicted molar refractivity (Wildman–Crippen MR) is 107 cm³/mol. The van der Waals surface area contributed by atoms with E-state index in [1.807, 2.05) is 17.0 Å². The molecule has 3 rings (SSSR count). The number of aromatic nitrogens is 1. The summed E-state index contributed by atoms with van der Waals surface area (Å²) in [5, 5.41) is 14.1. The molecule has 0 radical (unpaired) electrons. The first-order chi connectivity index (χ1) is 13.4. The van der Waals surface area contributed by atoms with Gasteiger partial charge in [0.25, 0.3) is 0 Å². The first kappa shape index (κ1) is 20.7. The van der Waals surface area contributed by atoms with Gasteiger partial charge in [-0.2, -0.15) is 0 Å². The van der Waals surface area contributed by atoms with E-state index in [9.17, 15) is 14.7 Å². The largest absolute Gasteiger partial charge is 0.388 e. The summed E-state index contributed by atoms with van der Waals surface area (Å²) in [6, 6.07) is 4.01. The van der Waals surface area contributed by atoms with E-state index in [-0.39, 0.29) is 17.9 Å². The Kier molecular flexibility index (Phi) is 7.02. The number of carbonyl (C=O) groups is 2. The molecule has 1 aromatic heterocycles. The number of β-amino-alcohol motifs (C(OH)–C–C–N with tert-alkyl or cyclic N) is 1. The molecule has 2 saturated heterocycles. The zero-order valence-corrected chi connectivity index (χ0v) is 16.8. The number of nitrogens with one attached hydrogen (secondary N) is 1. The third-order valence-corrected chi connectivity index (χ3v) is 5.86. The number of nitrogens with zero attached hydrogens (tertiary/aromatic N) is 3. The Morgan fingerprint density at radius 3 is 2.71 bits per heavy atom. The zero-order valence-electron chi connectivity index (χ0n) is 16.8. The standard InChI is InChI=1S/C21H32N4O3/c1-17(26)23-19-5-11-24(12-6-19)16-21(28)7-3-10-25(13-8-21)20(27)14-18-4-2-9-22-15-18/h2,4,9,15,19,28H,3,5-8,10-14,16H2,1H3,(H,23,26). The molecule has 7 nitrogen and oxygen atoms in total. The fourth-order valence-corrected chi connectivity index (χ4v) is 4.31. The van der Waals surface area contributed by atoms with Crippen LogP contribution >= 0.6 is 0 Å². The van der Waals surface area contributed by atoms with Crippen molar-refractivity contribution >= 4 is 11.8 Å². The quantitative estimate of drug-likeness (QED) is 0.785. The van der Waals surface area contributed by atoms with Crippen LogP contribution in [0.2, 0.25) is 0 Å². The van der Waals surface area contributed by atoms with Crippen LogP contribution in [0.25, 0.3) is 0 Å². The van der Waals surface area contributed by atoms with E-state index in [0.29, 0.717) is 32.5 Å². The number of amides is 2. The fourth-order valence-electron chi connectivity index (χ4n) is 4.31. The van der Waals surface area contributed by atoms with Crippen LogP contribution in [-0.2, 0) is 16.0 Å². The maximum atomic E-state index is 12.6. The number of piperidine rings is 1. The average molecular weight is 389 g/mol. The molecule has 7 heteroatoms. The Bertz CT molecular complexity index is 661. The summed E-state index contributed by atoms with van der Waals surface area (Å²) in [6.45, 7) is 5.27. The van der Waals surface area contributed by atoms with Crippen molar-refractivity contribution in [1.82, 2.24) is 20.1 Å². The second-order valence-corrected chi connectivity index (χ2v) is 8.25. The van der Waals surface area contributed by atoms with Gasteiger partial charge in [-0.05, 0) is 43.7 Å². The van der Waals surface area contributed by atoms with Gasteiger partial charge in [-0.1, -0.05) is 6.07 Å². The SMILES string of the molecule is CC(=O)NC1CCN(CC2(O)CCCN(C(=O)Cc3cccnc3)CC2)CC1. The van der Waals surface area contributed by atoms with Gasteiger partial charge in [0.2, 0.25) is 11.8 Å². The van der Waals surface area contributed by atoms with E-state index in [2.05, 4.69) is 15.2 Å². The Balaban J connectivity index is 1.47.